The largest absolute Gasteiger partial charge is 0.493 e. The van der Waals surface area contributed by atoms with Gasteiger partial charge >= 0.3 is 0 Å². The van der Waals surface area contributed by atoms with E-state index in [4.69, 9.17) is 9.47 Å². The van der Waals surface area contributed by atoms with Gasteiger partial charge in [0.1, 0.15) is 0 Å². The second kappa shape index (κ2) is 6.72. The lowest BCUT2D eigenvalue weighted by Gasteiger charge is -2.09. The van der Waals surface area contributed by atoms with Gasteiger partial charge in [0.2, 0.25) is 0 Å². The van der Waals surface area contributed by atoms with Crippen LogP contribution in [-0.4, -0.2) is 14.2 Å². The summed E-state index contributed by atoms with van der Waals surface area (Å²) in [7, 11) is 3.01. The van der Waals surface area contributed by atoms with Gasteiger partial charge in [0.05, 0.1) is 25.9 Å². The Morgan fingerprint density at radius 3 is 2.32 bits per heavy atom. The monoisotopic (exact) mass is 301 g/mol. The lowest BCUT2D eigenvalue weighted by atomic mass is 10.0. The molecular weight excluding hydrogens is 288 g/mol. The Labute approximate surface area is 127 Å². The first-order valence-electron chi connectivity index (χ1n) is 6.38. The first-order valence-corrected chi connectivity index (χ1v) is 6.38. The third kappa shape index (κ3) is 3.23. The van der Waals surface area contributed by atoms with Gasteiger partial charge in [-0.05, 0) is 47.5 Å². The summed E-state index contributed by atoms with van der Waals surface area (Å²) < 4.78 is 36.5. The lowest BCUT2D eigenvalue weighted by Crippen LogP contribution is -1.92. The highest BCUT2D eigenvalue weighted by molar-refractivity contribution is 5.90. The topological polar surface area (TPSA) is 42.2 Å². The Hall–Kier alpha value is -2.87. The zero-order valence-corrected chi connectivity index (χ0v) is 12.1. The molecule has 0 amide bonds. The summed E-state index contributed by atoms with van der Waals surface area (Å²) >= 11 is 0. The molecule has 5 heteroatoms. The van der Waals surface area contributed by atoms with Gasteiger partial charge in [0, 0.05) is 0 Å². The second-order valence-corrected chi connectivity index (χ2v) is 4.41. The Bertz CT molecular complexity index is 764. The number of benzene rings is 2. The van der Waals surface area contributed by atoms with E-state index in [0.29, 0.717) is 28.2 Å². The summed E-state index contributed by atoms with van der Waals surface area (Å²) in [6, 6.07) is 10.5. The SMILES string of the molecule is COc1ccc(/C(C#N)=C/c2ccc(F)c(F)c2)cc1OC. The minimum absolute atomic E-state index is 0.298. The zero-order chi connectivity index (χ0) is 16.1. The molecule has 0 unspecified atom stereocenters. The third-order valence-electron chi connectivity index (χ3n) is 3.07. The van der Waals surface area contributed by atoms with Crippen LogP contribution < -0.4 is 9.47 Å². The predicted molar refractivity (Wildman–Crippen MR) is 79.4 cm³/mol. The van der Waals surface area contributed by atoms with Crippen molar-refractivity contribution < 1.29 is 18.3 Å². The molecular formula is C17H13F2NO2. The molecule has 2 rings (SSSR count). The van der Waals surface area contributed by atoms with Gasteiger partial charge in [-0.25, -0.2) is 8.78 Å². The number of ether oxygens (including phenoxy) is 2. The maximum absolute atomic E-state index is 13.2. The fourth-order valence-corrected chi connectivity index (χ4v) is 1.95. The lowest BCUT2D eigenvalue weighted by molar-refractivity contribution is 0.355. The van der Waals surface area contributed by atoms with E-state index in [2.05, 4.69) is 0 Å². The van der Waals surface area contributed by atoms with Crippen LogP contribution in [0.1, 0.15) is 11.1 Å². The summed E-state index contributed by atoms with van der Waals surface area (Å²) in [5.74, 6) is -0.872. The molecule has 112 valence electrons. The van der Waals surface area contributed by atoms with Crippen molar-refractivity contribution in [1.82, 2.24) is 0 Å². The highest BCUT2D eigenvalue weighted by atomic mass is 19.2. The van der Waals surface area contributed by atoms with Crippen molar-refractivity contribution in [3.8, 4) is 17.6 Å². The second-order valence-electron chi connectivity index (χ2n) is 4.41. The molecule has 0 saturated carbocycles. The molecule has 0 aliphatic carbocycles. The highest BCUT2D eigenvalue weighted by Crippen LogP contribution is 2.31. The Morgan fingerprint density at radius 1 is 1.00 bits per heavy atom. The molecule has 0 N–H and O–H groups in total. The summed E-state index contributed by atoms with van der Waals surface area (Å²) in [6.07, 6.45) is 1.48. The smallest absolute Gasteiger partial charge is 0.161 e. The normalized spacial score (nSPS) is 11.0. The zero-order valence-electron chi connectivity index (χ0n) is 12.1. The molecule has 0 aliphatic rings. The average Bonchev–Trinajstić information content (AvgIpc) is 2.55. The number of halogens is 2. The summed E-state index contributed by atoms with van der Waals surface area (Å²) in [4.78, 5) is 0. The fourth-order valence-electron chi connectivity index (χ4n) is 1.95. The molecule has 2 aromatic carbocycles. The van der Waals surface area contributed by atoms with E-state index in [1.165, 1.54) is 26.4 Å². The van der Waals surface area contributed by atoms with E-state index in [9.17, 15) is 14.0 Å². The number of methoxy groups -OCH3 is 2. The minimum Gasteiger partial charge on any atom is -0.493 e. The molecule has 0 saturated heterocycles. The fraction of sp³-hybridized carbons (Fsp3) is 0.118. The highest BCUT2D eigenvalue weighted by Gasteiger charge is 2.09. The van der Waals surface area contributed by atoms with Crippen LogP contribution in [0.3, 0.4) is 0 Å². The Morgan fingerprint density at radius 2 is 1.73 bits per heavy atom. The Balaban J connectivity index is 2.45. The molecule has 0 fully saturated rings. The summed E-state index contributed by atoms with van der Waals surface area (Å²) in [5.41, 5.74) is 1.28. The maximum atomic E-state index is 13.2. The van der Waals surface area contributed by atoms with Crippen LogP contribution in [0.2, 0.25) is 0 Å². The van der Waals surface area contributed by atoms with Crippen LogP contribution in [0.15, 0.2) is 36.4 Å². The van der Waals surface area contributed by atoms with E-state index in [0.717, 1.165) is 12.1 Å². The first-order chi connectivity index (χ1) is 10.6. The molecule has 0 aliphatic heterocycles. The molecule has 0 aromatic heterocycles. The molecule has 0 heterocycles. The van der Waals surface area contributed by atoms with Crippen molar-refractivity contribution in [2.75, 3.05) is 14.2 Å². The third-order valence-corrected chi connectivity index (χ3v) is 3.07. The quantitative estimate of drug-likeness (QED) is 0.632. The first kappa shape index (κ1) is 15.5. The van der Waals surface area contributed by atoms with E-state index in [1.54, 1.807) is 18.2 Å². The molecule has 0 radical (unpaired) electrons. The van der Waals surface area contributed by atoms with Gasteiger partial charge in [-0.2, -0.15) is 5.26 Å². The molecule has 3 nitrogen and oxygen atoms in total. The van der Waals surface area contributed by atoms with Crippen molar-refractivity contribution in [2.45, 2.75) is 0 Å². The Kier molecular flexibility index (Phi) is 4.74. The van der Waals surface area contributed by atoms with Crippen LogP contribution in [-0.2, 0) is 0 Å². The van der Waals surface area contributed by atoms with E-state index in [1.807, 2.05) is 6.07 Å². The van der Waals surface area contributed by atoms with Gasteiger partial charge in [-0.15, -0.1) is 0 Å². The molecule has 2 aromatic rings. The van der Waals surface area contributed by atoms with Gasteiger partial charge in [0.15, 0.2) is 23.1 Å². The number of nitrogens with zero attached hydrogens (tertiary/aromatic N) is 1. The molecule has 0 bridgehead atoms. The van der Waals surface area contributed by atoms with Crippen LogP contribution in [0.25, 0.3) is 11.6 Å². The molecule has 0 atom stereocenters. The number of nitriles is 1. The van der Waals surface area contributed by atoms with Gasteiger partial charge in [0.25, 0.3) is 0 Å². The van der Waals surface area contributed by atoms with Crippen molar-refractivity contribution in [3.63, 3.8) is 0 Å². The van der Waals surface area contributed by atoms with Crippen molar-refractivity contribution >= 4 is 11.6 Å². The summed E-state index contributed by atoms with van der Waals surface area (Å²) in [6.45, 7) is 0. The van der Waals surface area contributed by atoms with E-state index < -0.39 is 11.6 Å². The van der Waals surface area contributed by atoms with Crippen LogP contribution in [0, 0.1) is 23.0 Å². The summed E-state index contributed by atoms with van der Waals surface area (Å²) in [5, 5.41) is 9.30. The maximum Gasteiger partial charge on any atom is 0.161 e. The van der Waals surface area contributed by atoms with Gasteiger partial charge in [-0.1, -0.05) is 6.07 Å². The van der Waals surface area contributed by atoms with Crippen molar-refractivity contribution in [1.29, 1.82) is 5.26 Å². The standard InChI is InChI=1S/C17H13F2NO2/c1-21-16-6-4-12(9-17(16)22-2)13(10-20)7-11-3-5-14(18)15(19)8-11/h3-9H,1-2H3/b13-7+. The number of hydrogen-bond donors (Lipinski definition) is 0. The van der Waals surface area contributed by atoms with Gasteiger partial charge in [-0.3, -0.25) is 0 Å². The van der Waals surface area contributed by atoms with Crippen LogP contribution >= 0.6 is 0 Å². The number of allylic oxidation sites excluding steroid dienone is 1. The molecule has 22 heavy (non-hydrogen) atoms. The average molecular weight is 301 g/mol. The van der Waals surface area contributed by atoms with Crippen LogP contribution in [0.5, 0.6) is 11.5 Å². The minimum atomic E-state index is -0.960. The number of hydrogen-bond acceptors (Lipinski definition) is 3. The van der Waals surface area contributed by atoms with Crippen molar-refractivity contribution in [3.05, 3.63) is 59.2 Å². The predicted octanol–water partition coefficient (Wildman–Crippen LogP) is 4.05. The van der Waals surface area contributed by atoms with E-state index in [-0.39, 0.29) is 0 Å². The number of rotatable bonds is 4. The van der Waals surface area contributed by atoms with Crippen LogP contribution in [0.4, 0.5) is 8.78 Å². The van der Waals surface area contributed by atoms with Crippen molar-refractivity contribution in [2.24, 2.45) is 0 Å². The van der Waals surface area contributed by atoms with Gasteiger partial charge < -0.3 is 9.47 Å². The van der Waals surface area contributed by atoms with E-state index >= 15 is 0 Å². The molecule has 0 spiro atoms.